The first kappa shape index (κ1) is 46.1. The minimum atomic E-state index is -3.93. The minimum Gasteiger partial charge on any atom is -0.379 e. The number of hydrogen-bond donors (Lipinski definition) is 5. The summed E-state index contributed by atoms with van der Waals surface area (Å²) in [5.74, 6) is -1.55. The number of amides is 2. The van der Waals surface area contributed by atoms with Crippen molar-refractivity contribution in [3.05, 3.63) is 53.6 Å². The maximum absolute atomic E-state index is 13.5. The molecule has 14 heteroatoms. The maximum Gasteiger partial charge on any atom is 0.327 e. The molecule has 0 bridgehead atoms. The number of rotatable bonds is 26. The fourth-order valence-electron chi connectivity index (χ4n) is 6.86. The Morgan fingerprint density at radius 3 is 1.73 bits per heavy atom. The molecule has 0 atom stereocenters. The third kappa shape index (κ3) is 18.0. The van der Waals surface area contributed by atoms with E-state index in [9.17, 15) is 18.0 Å². The normalized spacial score (nSPS) is 15.4. The topological polar surface area (TPSA) is 165 Å². The highest BCUT2D eigenvalue weighted by Crippen LogP contribution is 2.28. The molecule has 2 aromatic rings. The second-order valence-corrected chi connectivity index (χ2v) is 17.2. The van der Waals surface area contributed by atoms with Gasteiger partial charge in [0.25, 0.3) is 10.0 Å². The number of hydrazine groups is 1. The first-order valence-corrected chi connectivity index (χ1v) is 21.4. The number of piperidine rings is 1. The molecule has 310 valence electrons. The van der Waals surface area contributed by atoms with Gasteiger partial charge in [-0.25, -0.2) is 8.42 Å². The van der Waals surface area contributed by atoms with Gasteiger partial charge in [-0.05, 0) is 114 Å². The van der Waals surface area contributed by atoms with Gasteiger partial charge in [-0.15, -0.1) is 0 Å². The molecular formula is C41H67N5O8S. The van der Waals surface area contributed by atoms with Crippen molar-refractivity contribution in [2.75, 3.05) is 63.0 Å². The van der Waals surface area contributed by atoms with Crippen LogP contribution in [0.15, 0.2) is 47.4 Å². The van der Waals surface area contributed by atoms with Gasteiger partial charge in [0.1, 0.15) is 0 Å². The Labute approximate surface area is 329 Å². The van der Waals surface area contributed by atoms with Crippen molar-refractivity contribution in [3.8, 4) is 0 Å². The van der Waals surface area contributed by atoms with E-state index in [0.717, 1.165) is 62.9 Å². The summed E-state index contributed by atoms with van der Waals surface area (Å²) in [4.78, 5) is 25.3. The summed E-state index contributed by atoms with van der Waals surface area (Å²) >= 11 is 0. The van der Waals surface area contributed by atoms with Gasteiger partial charge >= 0.3 is 11.8 Å². The van der Waals surface area contributed by atoms with Gasteiger partial charge in [-0.2, -0.15) is 0 Å². The Kier molecular flexibility index (Phi) is 19.9. The zero-order chi connectivity index (χ0) is 40.2. The van der Waals surface area contributed by atoms with E-state index in [0.29, 0.717) is 76.7 Å². The Hall–Kier alpha value is -3.27. The SMILES string of the molecule is CCCCCOCCOCCc1ccc(S(=O)(=O)Nc2ccc(NNC(=O)C(=O)NC3CC(C)(C)NC(C)(C)C3)cc2)cc1CCOCCOCCCCC. The zero-order valence-corrected chi connectivity index (χ0v) is 34.8. The van der Waals surface area contributed by atoms with Crippen molar-refractivity contribution >= 4 is 33.2 Å². The number of hydrogen-bond acceptors (Lipinski definition) is 10. The van der Waals surface area contributed by atoms with E-state index in [4.69, 9.17) is 18.9 Å². The van der Waals surface area contributed by atoms with Crippen LogP contribution in [0.2, 0.25) is 0 Å². The lowest BCUT2D eigenvalue weighted by Crippen LogP contribution is -2.63. The number of ether oxygens (including phenoxy) is 4. The largest absolute Gasteiger partial charge is 0.379 e. The summed E-state index contributed by atoms with van der Waals surface area (Å²) in [6.45, 7) is 17.0. The van der Waals surface area contributed by atoms with E-state index in [2.05, 4.69) is 67.7 Å². The van der Waals surface area contributed by atoms with Crippen molar-refractivity contribution < 1.29 is 37.0 Å². The fraction of sp³-hybridized carbons (Fsp3) is 0.659. The van der Waals surface area contributed by atoms with Crippen molar-refractivity contribution in [1.82, 2.24) is 16.1 Å². The number of unbranched alkanes of at least 4 members (excludes halogenated alkanes) is 4. The van der Waals surface area contributed by atoms with Crippen LogP contribution < -0.4 is 26.2 Å². The molecule has 1 saturated heterocycles. The van der Waals surface area contributed by atoms with Crippen LogP contribution in [0.25, 0.3) is 0 Å². The average Bonchev–Trinajstić information content (AvgIpc) is 3.12. The molecule has 55 heavy (non-hydrogen) atoms. The first-order chi connectivity index (χ1) is 26.2. The van der Waals surface area contributed by atoms with Gasteiger partial charge < -0.3 is 29.6 Å². The molecule has 0 unspecified atom stereocenters. The van der Waals surface area contributed by atoms with Crippen molar-refractivity contribution in [2.24, 2.45) is 0 Å². The van der Waals surface area contributed by atoms with E-state index < -0.39 is 21.8 Å². The van der Waals surface area contributed by atoms with Crippen molar-refractivity contribution in [1.29, 1.82) is 0 Å². The summed E-state index contributed by atoms with van der Waals surface area (Å²) in [7, 11) is -3.93. The fourth-order valence-corrected chi connectivity index (χ4v) is 7.97. The van der Waals surface area contributed by atoms with Crippen molar-refractivity contribution in [3.63, 3.8) is 0 Å². The van der Waals surface area contributed by atoms with E-state index in [1.165, 1.54) is 0 Å². The van der Waals surface area contributed by atoms with Gasteiger partial charge in [0.15, 0.2) is 0 Å². The lowest BCUT2D eigenvalue weighted by Gasteiger charge is -2.46. The molecule has 0 spiro atoms. The molecule has 0 saturated carbocycles. The standard InChI is InChI=1S/C41H67N5O8S/c1-7-9-11-21-51-25-27-53-23-19-32-13-18-37(29-33(32)20-24-54-28-26-52-22-12-10-8-2)55(49,50)45-35-16-14-34(15-17-35)43-44-39(48)38(47)42-36-30-40(3,4)46-41(5,6)31-36/h13-18,29,36,43,45-46H,7-12,19-28,30-31H2,1-6H3,(H,42,47)(H,44,48). The number of carbonyl (C=O) groups is 2. The van der Waals surface area contributed by atoms with Gasteiger partial charge in [0, 0.05) is 36.0 Å². The molecule has 0 radical (unpaired) electrons. The molecule has 1 heterocycles. The summed E-state index contributed by atoms with van der Waals surface area (Å²) in [5, 5.41) is 6.40. The van der Waals surface area contributed by atoms with Gasteiger partial charge in [-0.3, -0.25) is 25.2 Å². The summed E-state index contributed by atoms with van der Waals surface area (Å²) in [5.41, 5.74) is 7.46. The van der Waals surface area contributed by atoms with Crippen LogP contribution in [0.4, 0.5) is 11.4 Å². The van der Waals surface area contributed by atoms with Gasteiger partial charge in [0.05, 0.1) is 50.2 Å². The number of anilines is 2. The molecule has 1 aliphatic heterocycles. The minimum absolute atomic E-state index is 0.132. The third-order valence-corrected chi connectivity index (χ3v) is 10.6. The average molecular weight is 790 g/mol. The molecule has 2 amide bonds. The molecule has 2 aromatic carbocycles. The van der Waals surface area contributed by atoms with Gasteiger partial charge in [-0.1, -0.05) is 45.6 Å². The molecule has 0 aromatic heterocycles. The molecule has 3 rings (SSSR count). The summed E-state index contributed by atoms with van der Waals surface area (Å²) in [6, 6.07) is 11.3. The summed E-state index contributed by atoms with van der Waals surface area (Å²) < 4.78 is 52.6. The zero-order valence-electron chi connectivity index (χ0n) is 34.0. The van der Waals surface area contributed by atoms with Crippen molar-refractivity contribution in [2.45, 2.75) is 128 Å². The number of benzene rings is 2. The van der Waals surface area contributed by atoms with E-state index >= 15 is 0 Å². The van der Waals surface area contributed by atoms with E-state index in [1.54, 1.807) is 36.4 Å². The molecule has 13 nitrogen and oxygen atoms in total. The first-order valence-electron chi connectivity index (χ1n) is 20.0. The molecule has 1 fully saturated rings. The lowest BCUT2D eigenvalue weighted by molar-refractivity contribution is -0.139. The Bertz CT molecular complexity index is 1540. The predicted molar refractivity (Wildman–Crippen MR) is 218 cm³/mol. The van der Waals surface area contributed by atoms with Crippen LogP contribution >= 0.6 is 0 Å². The Morgan fingerprint density at radius 1 is 0.673 bits per heavy atom. The van der Waals surface area contributed by atoms with Crippen LogP contribution in [0.3, 0.4) is 0 Å². The quantitative estimate of drug-likeness (QED) is 0.0441. The highest BCUT2D eigenvalue weighted by atomic mass is 32.2. The summed E-state index contributed by atoms with van der Waals surface area (Å²) in [6.07, 6.45) is 9.25. The van der Waals surface area contributed by atoms with Crippen LogP contribution in [-0.2, 0) is 51.4 Å². The highest BCUT2D eigenvalue weighted by Gasteiger charge is 2.38. The Balaban J connectivity index is 1.54. The second kappa shape index (κ2) is 23.7. The van der Waals surface area contributed by atoms with E-state index in [-0.39, 0.29) is 22.0 Å². The number of carbonyl (C=O) groups excluding carboxylic acids is 2. The van der Waals surface area contributed by atoms with Crippen LogP contribution in [0.1, 0.15) is 104 Å². The molecule has 1 aliphatic rings. The highest BCUT2D eigenvalue weighted by molar-refractivity contribution is 7.92. The molecule has 0 aliphatic carbocycles. The monoisotopic (exact) mass is 789 g/mol. The smallest absolute Gasteiger partial charge is 0.327 e. The van der Waals surface area contributed by atoms with Crippen LogP contribution in [-0.4, -0.2) is 90.2 Å². The van der Waals surface area contributed by atoms with Crippen LogP contribution in [0, 0.1) is 0 Å². The second-order valence-electron chi connectivity index (χ2n) is 15.5. The molecular weight excluding hydrogens is 723 g/mol. The predicted octanol–water partition coefficient (Wildman–Crippen LogP) is 5.89. The van der Waals surface area contributed by atoms with Gasteiger partial charge in [0.2, 0.25) is 0 Å². The molecule has 5 N–H and O–H groups in total. The lowest BCUT2D eigenvalue weighted by atomic mass is 9.79. The Morgan fingerprint density at radius 2 is 1.18 bits per heavy atom. The maximum atomic E-state index is 13.5. The number of sulfonamides is 1. The number of nitrogens with one attached hydrogen (secondary N) is 5. The van der Waals surface area contributed by atoms with Crippen LogP contribution in [0.5, 0.6) is 0 Å². The third-order valence-electron chi connectivity index (χ3n) is 9.24. The van der Waals surface area contributed by atoms with E-state index in [1.807, 2.05) is 6.07 Å².